The van der Waals surface area contributed by atoms with Crippen LogP contribution in [0.3, 0.4) is 0 Å². The van der Waals surface area contributed by atoms with Gasteiger partial charge in [-0.3, -0.25) is 9.59 Å². The van der Waals surface area contributed by atoms with Crippen molar-refractivity contribution in [2.45, 2.75) is 56.6 Å². The number of amides is 2. The third-order valence-corrected chi connectivity index (χ3v) is 5.87. The van der Waals surface area contributed by atoms with E-state index in [2.05, 4.69) is 31.8 Å². The number of para-hydroxylation sites is 1. The molecule has 30 heavy (non-hydrogen) atoms. The molecule has 0 spiro atoms. The number of nitrogens with zero attached hydrogens (tertiary/aromatic N) is 1. The van der Waals surface area contributed by atoms with Crippen molar-refractivity contribution in [2.24, 2.45) is 0 Å². The zero-order valence-corrected chi connectivity index (χ0v) is 18.7. The van der Waals surface area contributed by atoms with Gasteiger partial charge < -0.3 is 15.0 Å². The number of piperidine rings is 1. The zero-order valence-electron chi connectivity index (χ0n) is 17.8. The molecule has 1 aliphatic heterocycles. The molecule has 160 valence electrons. The lowest BCUT2D eigenvalue weighted by Gasteiger charge is -2.33. The second kappa shape index (κ2) is 10.0. The van der Waals surface area contributed by atoms with Gasteiger partial charge in [-0.05, 0) is 49.4 Å². The minimum Gasteiger partial charge on any atom is -0.481 e. The number of rotatable bonds is 6. The van der Waals surface area contributed by atoms with Crippen LogP contribution >= 0.6 is 12.6 Å². The Hall–Kier alpha value is -2.47. The normalized spacial score (nSPS) is 15.7. The van der Waals surface area contributed by atoms with Crippen molar-refractivity contribution in [3.63, 3.8) is 0 Å². The molecule has 5 nitrogen and oxygen atoms in total. The number of ether oxygens (including phenoxy) is 1. The van der Waals surface area contributed by atoms with Gasteiger partial charge in [-0.25, -0.2) is 0 Å². The highest BCUT2D eigenvalue weighted by Gasteiger charge is 2.27. The van der Waals surface area contributed by atoms with Crippen LogP contribution in [0.4, 0.5) is 0 Å². The van der Waals surface area contributed by atoms with Gasteiger partial charge >= 0.3 is 0 Å². The van der Waals surface area contributed by atoms with Crippen molar-refractivity contribution in [3.05, 3.63) is 59.7 Å². The van der Waals surface area contributed by atoms with Crippen LogP contribution in [0, 0.1) is 0 Å². The SMILES string of the molecule is CC(Oc1ccccc1C(C)C)C(=O)NC1CCN(C(=O)c2ccccc2S)CC1. The van der Waals surface area contributed by atoms with Crippen LogP contribution in [0.25, 0.3) is 0 Å². The van der Waals surface area contributed by atoms with E-state index in [9.17, 15) is 9.59 Å². The van der Waals surface area contributed by atoms with Gasteiger partial charge in [0, 0.05) is 24.0 Å². The Morgan fingerprint density at radius 2 is 1.67 bits per heavy atom. The maximum absolute atomic E-state index is 12.7. The molecule has 6 heteroatoms. The van der Waals surface area contributed by atoms with Crippen molar-refractivity contribution in [2.75, 3.05) is 13.1 Å². The van der Waals surface area contributed by atoms with E-state index < -0.39 is 6.10 Å². The van der Waals surface area contributed by atoms with Gasteiger partial charge in [0.2, 0.25) is 0 Å². The minimum atomic E-state index is -0.583. The van der Waals surface area contributed by atoms with Crippen molar-refractivity contribution in [1.82, 2.24) is 10.2 Å². The molecule has 3 rings (SSSR count). The summed E-state index contributed by atoms with van der Waals surface area (Å²) in [5.74, 6) is 0.938. The van der Waals surface area contributed by atoms with Crippen LogP contribution in [0.2, 0.25) is 0 Å². The summed E-state index contributed by atoms with van der Waals surface area (Å²) in [5.41, 5.74) is 1.71. The first-order chi connectivity index (χ1) is 14.4. The standard InChI is InChI=1S/C24H30N2O3S/c1-16(2)19-8-4-6-10-21(19)29-17(3)23(27)25-18-12-14-26(15-13-18)24(28)20-9-5-7-11-22(20)30/h4-11,16-18,30H,12-15H2,1-3H3,(H,25,27). The number of thiol groups is 1. The molecule has 0 aliphatic carbocycles. The lowest BCUT2D eigenvalue weighted by molar-refractivity contribution is -0.128. The van der Waals surface area contributed by atoms with E-state index in [1.165, 1.54) is 0 Å². The Morgan fingerprint density at radius 1 is 1.03 bits per heavy atom. The second-order valence-electron chi connectivity index (χ2n) is 8.04. The molecule has 2 amide bonds. The van der Waals surface area contributed by atoms with E-state index in [1.807, 2.05) is 47.4 Å². The Bertz CT molecular complexity index is 892. The highest BCUT2D eigenvalue weighted by Crippen LogP contribution is 2.27. The highest BCUT2D eigenvalue weighted by molar-refractivity contribution is 7.80. The van der Waals surface area contributed by atoms with Crippen LogP contribution in [0.15, 0.2) is 53.4 Å². The number of nitrogens with one attached hydrogen (secondary N) is 1. The number of carbonyl (C=O) groups is 2. The van der Waals surface area contributed by atoms with E-state index in [0.29, 0.717) is 29.5 Å². The fraction of sp³-hybridized carbons (Fsp3) is 0.417. The highest BCUT2D eigenvalue weighted by atomic mass is 32.1. The third-order valence-electron chi connectivity index (χ3n) is 5.48. The van der Waals surface area contributed by atoms with Crippen LogP contribution in [0.1, 0.15) is 55.5 Å². The van der Waals surface area contributed by atoms with Gasteiger partial charge in [-0.15, -0.1) is 12.6 Å². The Labute approximate surface area is 184 Å². The first-order valence-electron chi connectivity index (χ1n) is 10.5. The quantitative estimate of drug-likeness (QED) is 0.678. The molecule has 0 saturated carbocycles. The predicted octanol–water partition coefficient (Wildman–Crippen LogP) is 4.29. The Kier molecular flexibility index (Phi) is 7.43. The van der Waals surface area contributed by atoms with Crippen molar-refractivity contribution < 1.29 is 14.3 Å². The van der Waals surface area contributed by atoms with Crippen LogP contribution in [-0.4, -0.2) is 41.9 Å². The number of carbonyl (C=O) groups excluding carboxylic acids is 2. The average molecular weight is 427 g/mol. The van der Waals surface area contributed by atoms with Crippen molar-refractivity contribution in [1.29, 1.82) is 0 Å². The number of benzene rings is 2. The molecule has 1 unspecified atom stereocenters. The van der Waals surface area contributed by atoms with Gasteiger partial charge in [0.15, 0.2) is 6.10 Å². The van der Waals surface area contributed by atoms with Gasteiger partial charge in [-0.1, -0.05) is 44.2 Å². The summed E-state index contributed by atoms with van der Waals surface area (Å²) < 4.78 is 5.96. The van der Waals surface area contributed by atoms with E-state index in [-0.39, 0.29) is 17.9 Å². The lowest BCUT2D eigenvalue weighted by atomic mass is 10.0. The summed E-state index contributed by atoms with van der Waals surface area (Å²) in [6.07, 6.45) is 0.865. The lowest BCUT2D eigenvalue weighted by Crippen LogP contribution is -2.49. The molecule has 2 aromatic rings. The molecule has 1 atom stereocenters. The summed E-state index contributed by atoms with van der Waals surface area (Å²) in [7, 11) is 0. The summed E-state index contributed by atoms with van der Waals surface area (Å²) >= 11 is 4.38. The Morgan fingerprint density at radius 3 is 2.33 bits per heavy atom. The monoisotopic (exact) mass is 426 g/mol. The van der Waals surface area contributed by atoms with Crippen molar-refractivity contribution >= 4 is 24.4 Å². The summed E-state index contributed by atoms with van der Waals surface area (Å²) in [6, 6.07) is 15.2. The number of hydrogen-bond acceptors (Lipinski definition) is 4. The van der Waals surface area contributed by atoms with E-state index in [1.54, 1.807) is 13.0 Å². The molecule has 0 bridgehead atoms. The second-order valence-corrected chi connectivity index (χ2v) is 8.53. The van der Waals surface area contributed by atoms with E-state index in [4.69, 9.17) is 4.74 Å². The predicted molar refractivity (Wildman–Crippen MR) is 121 cm³/mol. The molecule has 1 fully saturated rings. The zero-order chi connectivity index (χ0) is 21.7. The first kappa shape index (κ1) is 22.2. The molecular weight excluding hydrogens is 396 g/mol. The van der Waals surface area contributed by atoms with Crippen molar-refractivity contribution in [3.8, 4) is 5.75 Å². The van der Waals surface area contributed by atoms with E-state index >= 15 is 0 Å². The van der Waals surface area contributed by atoms with Gasteiger partial charge in [0.05, 0.1) is 5.56 Å². The largest absolute Gasteiger partial charge is 0.481 e. The smallest absolute Gasteiger partial charge is 0.260 e. The fourth-order valence-electron chi connectivity index (χ4n) is 3.68. The number of hydrogen-bond donors (Lipinski definition) is 2. The molecule has 0 radical (unpaired) electrons. The first-order valence-corrected chi connectivity index (χ1v) is 10.9. The maximum atomic E-state index is 12.7. The van der Waals surface area contributed by atoms with Gasteiger partial charge in [0.1, 0.15) is 5.75 Å². The molecule has 1 N–H and O–H groups in total. The third kappa shape index (κ3) is 5.36. The molecule has 1 saturated heterocycles. The van der Waals surface area contributed by atoms with Crippen LogP contribution < -0.4 is 10.1 Å². The summed E-state index contributed by atoms with van der Waals surface area (Å²) in [4.78, 5) is 27.9. The fourth-order valence-corrected chi connectivity index (χ4v) is 3.94. The average Bonchev–Trinajstić information content (AvgIpc) is 2.74. The van der Waals surface area contributed by atoms with Crippen LogP contribution in [-0.2, 0) is 4.79 Å². The molecular formula is C24H30N2O3S. The Balaban J connectivity index is 1.52. The molecule has 2 aromatic carbocycles. The van der Waals surface area contributed by atoms with Crippen LogP contribution in [0.5, 0.6) is 5.75 Å². The van der Waals surface area contributed by atoms with Gasteiger partial charge in [-0.2, -0.15) is 0 Å². The molecule has 1 heterocycles. The molecule has 0 aromatic heterocycles. The minimum absolute atomic E-state index is 0.00706. The number of likely N-dealkylation sites (tertiary alicyclic amines) is 1. The molecule has 1 aliphatic rings. The summed E-state index contributed by atoms with van der Waals surface area (Å²) in [5, 5.41) is 3.08. The van der Waals surface area contributed by atoms with Gasteiger partial charge in [0.25, 0.3) is 11.8 Å². The summed E-state index contributed by atoms with van der Waals surface area (Å²) in [6.45, 7) is 7.20. The topological polar surface area (TPSA) is 58.6 Å². The maximum Gasteiger partial charge on any atom is 0.260 e. The van der Waals surface area contributed by atoms with E-state index in [0.717, 1.165) is 24.2 Å².